The van der Waals surface area contributed by atoms with E-state index >= 15 is 0 Å². The number of rotatable bonds is 4. The minimum absolute atomic E-state index is 0.207. The molecule has 22 heavy (non-hydrogen) atoms. The molecule has 0 aliphatic carbocycles. The lowest BCUT2D eigenvalue weighted by molar-refractivity contribution is 0.625. The fraction of sp³-hybridized carbons (Fsp3) is 0.0625. The second-order valence-electron chi connectivity index (χ2n) is 4.73. The van der Waals surface area contributed by atoms with Gasteiger partial charge < -0.3 is 9.88 Å². The van der Waals surface area contributed by atoms with Crippen molar-refractivity contribution in [3.8, 4) is 0 Å². The van der Waals surface area contributed by atoms with E-state index in [0.29, 0.717) is 17.6 Å². The Kier molecular flexibility index (Phi) is 4.10. The van der Waals surface area contributed by atoms with Gasteiger partial charge >= 0.3 is 0 Å². The molecule has 0 unspecified atom stereocenters. The minimum atomic E-state index is -0.463. The van der Waals surface area contributed by atoms with E-state index in [1.807, 2.05) is 22.6 Å². The average Bonchev–Trinajstić information content (AvgIpc) is 2.89. The lowest BCUT2D eigenvalue weighted by Gasteiger charge is -2.10. The third kappa shape index (κ3) is 2.70. The van der Waals surface area contributed by atoms with E-state index in [2.05, 4.69) is 16.9 Å². The summed E-state index contributed by atoms with van der Waals surface area (Å²) >= 11 is 2.02. The summed E-state index contributed by atoms with van der Waals surface area (Å²) in [6.45, 7) is 4.10. The third-order valence-electron chi connectivity index (χ3n) is 3.24. The van der Waals surface area contributed by atoms with E-state index < -0.39 is 11.6 Å². The van der Waals surface area contributed by atoms with Crippen molar-refractivity contribution in [3.63, 3.8) is 0 Å². The SMILES string of the molecule is C=CCn1cnc2ccc(Nc3ccc(I)cc3F)c(F)c21. The fourth-order valence-electron chi connectivity index (χ4n) is 2.23. The van der Waals surface area contributed by atoms with Gasteiger partial charge in [0.05, 0.1) is 23.2 Å². The maximum absolute atomic E-state index is 14.7. The van der Waals surface area contributed by atoms with Crippen molar-refractivity contribution in [2.75, 3.05) is 5.32 Å². The summed E-state index contributed by atoms with van der Waals surface area (Å²) in [6, 6.07) is 7.98. The van der Waals surface area contributed by atoms with Crippen molar-refractivity contribution in [1.82, 2.24) is 9.55 Å². The Morgan fingerprint density at radius 3 is 2.73 bits per heavy atom. The molecule has 3 aromatic rings. The molecule has 0 spiro atoms. The van der Waals surface area contributed by atoms with Gasteiger partial charge in [-0.2, -0.15) is 0 Å². The van der Waals surface area contributed by atoms with E-state index in [1.54, 1.807) is 41.2 Å². The molecular weight excluding hydrogens is 399 g/mol. The number of nitrogens with zero attached hydrogens (tertiary/aromatic N) is 2. The lowest BCUT2D eigenvalue weighted by Crippen LogP contribution is -2.00. The first-order chi connectivity index (χ1) is 10.6. The Bertz CT molecular complexity index is 858. The molecule has 3 rings (SSSR count). The van der Waals surface area contributed by atoms with E-state index in [9.17, 15) is 8.78 Å². The number of imidazole rings is 1. The first-order valence-electron chi connectivity index (χ1n) is 6.56. The zero-order chi connectivity index (χ0) is 15.7. The van der Waals surface area contributed by atoms with Crippen molar-refractivity contribution >= 4 is 45.0 Å². The molecule has 3 nitrogen and oxygen atoms in total. The Hall–Kier alpha value is -1.96. The monoisotopic (exact) mass is 411 g/mol. The number of fused-ring (bicyclic) bond motifs is 1. The van der Waals surface area contributed by atoms with Crippen molar-refractivity contribution in [2.24, 2.45) is 0 Å². The standard InChI is InChI=1S/C16H12F2IN3/c1-2-7-22-9-20-14-6-5-13(15(18)16(14)22)21-12-4-3-10(19)8-11(12)17/h2-6,8-9,21H,1,7H2. The highest BCUT2D eigenvalue weighted by Crippen LogP contribution is 2.28. The molecule has 112 valence electrons. The van der Waals surface area contributed by atoms with Crippen LogP contribution in [0.2, 0.25) is 0 Å². The van der Waals surface area contributed by atoms with Gasteiger partial charge in [0.2, 0.25) is 0 Å². The van der Waals surface area contributed by atoms with Crippen molar-refractivity contribution in [3.05, 3.63) is 64.5 Å². The van der Waals surface area contributed by atoms with Gasteiger partial charge in [0, 0.05) is 10.1 Å². The van der Waals surface area contributed by atoms with Crippen LogP contribution < -0.4 is 5.32 Å². The van der Waals surface area contributed by atoms with Crippen LogP contribution in [0.25, 0.3) is 11.0 Å². The highest BCUT2D eigenvalue weighted by atomic mass is 127. The zero-order valence-electron chi connectivity index (χ0n) is 11.5. The Morgan fingerprint density at radius 1 is 1.23 bits per heavy atom. The number of benzene rings is 2. The first kappa shape index (κ1) is 15.0. The fourth-order valence-corrected chi connectivity index (χ4v) is 2.68. The third-order valence-corrected chi connectivity index (χ3v) is 3.92. The number of anilines is 2. The minimum Gasteiger partial charge on any atom is -0.351 e. The molecule has 0 saturated carbocycles. The molecule has 1 heterocycles. The van der Waals surface area contributed by atoms with Crippen LogP contribution in [0.15, 0.2) is 49.3 Å². The molecule has 0 aliphatic rings. The Labute approximate surface area is 139 Å². The largest absolute Gasteiger partial charge is 0.351 e. The summed E-state index contributed by atoms with van der Waals surface area (Å²) in [7, 11) is 0. The van der Waals surface area contributed by atoms with Crippen LogP contribution in [0.4, 0.5) is 20.2 Å². The summed E-state index contributed by atoms with van der Waals surface area (Å²) in [5.41, 5.74) is 1.36. The summed E-state index contributed by atoms with van der Waals surface area (Å²) in [4.78, 5) is 4.15. The van der Waals surface area contributed by atoms with Crippen LogP contribution in [0.1, 0.15) is 0 Å². The predicted octanol–water partition coefficient (Wildman–Crippen LogP) is 4.85. The topological polar surface area (TPSA) is 29.9 Å². The maximum Gasteiger partial charge on any atom is 0.172 e. The van der Waals surface area contributed by atoms with Crippen LogP contribution in [0.5, 0.6) is 0 Å². The van der Waals surface area contributed by atoms with Crippen molar-refractivity contribution < 1.29 is 8.78 Å². The normalized spacial score (nSPS) is 10.9. The van der Waals surface area contributed by atoms with Gasteiger partial charge in [-0.1, -0.05) is 6.08 Å². The molecule has 0 amide bonds. The number of halogens is 3. The van der Waals surface area contributed by atoms with Crippen LogP contribution in [-0.4, -0.2) is 9.55 Å². The smallest absolute Gasteiger partial charge is 0.172 e. The summed E-state index contributed by atoms with van der Waals surface area (Å²) in [6.07, 6.45) is 3.23. The number of hydrogen-bond acceptors (Lipinski definition) is 2. The van der Waals surface area contributed by atoms with Crippen LogP contribution in [0, 0.1) is 15.2 Å². The van der Waals surface area contributed by atoms with Crippen LogP contribution in [0.3, 0.4) is 0 Å². The molecular formula is C16H12F2IN3. The summed E-state index contributed by atoms with van der Waals surface area (Å²) in [5, 5.41) is 2.80. The molecule has 2 aromatic carbocycles. The molecule has 0 bridgehead atoms. The number of hydrogen-bond donors (Lipinski definition) is 1. The van der Waals surface area contributed by atoms with Gasteiger partial charge in [-0.25, -0.2) is 13.8 Å². The highest BCUT2D eigenvalue weighted by Gasteiger charge is 2.13. The second kappa shape index (κ2) is 6.04. The van der Waals surface area contributed by atoms with E-state index in [0.717, 1.165) is 3.57 Å². The van der Waals surface area contributed by atoms with Crippen molar-refractivity contribution in [1.29, 1.82) is 0 Å². The first-order valence-corrected chi connectivity index (χ1v) is 7.64. The molecule has 0 aliphatic heterocycles. The van der Waals surface area contributed by atoms with Crippen molar-refractivity contribution in [2.45, 2.75) is 6.54 Å². The predicted molar refractivity (Wildman–Crippen MR) is 92.3 cm³/mol. The molecule has 0 atom stereocenters. The second-order valence-corrected chi connectivity index (χ2v) is 5.98. The van der Waals surface area contributed by atoms with Crippen LogP contribution in [-0.2, 0) is 6.54 Å². The number of aromatic nitrogens is 2. The molecule has 0 fully saturated rings. The maximum atomic E-state index is 14.7. The van der Waals surface area contributed by atoms with E-state index in [-0.39, 0.29) is 11.4 Å². The van der Waals surface area contributed by atoms with E-state index in [4.69, 9.17) is 0 Å². The Morgan fingerprint density at radius 2 is 2.00 bits per heavy atom. The molecule has 1 N–H and O–H groups in total. The van der Waals surface area contributed by atoms with Gasteiger partial charge in [0.1, 0.15) is 11.3 Å². The lowest BCUT2D eigenvalue weighted by atomic mass is 10.2. The van der Waals surface area contributed by atoms with Gasteiger partial charge in [-0.15, -0.1) is 6.58 Å². The molecule has 1 aromatic heterocycles. The van der Waals surface area contributed by atoms with Gasteiger partial charge in [-0.05, 0) is 52.9 Å². The molecule has 0 radical (unpaired) electrons. The quantitative estimate of drug-likeness (QED) is 0.492. The van der Waals surface area contributed by atoms with Gasteiger partial charge in [0.15, 0.2) is 5.82 Å². The van der Waals surface area contributed by atoms with Gasteiger partial charge in [-0.3, -0.25) is 0 Å². The Balaban J connectivity index is 2.05. The zero-order valence-corrected chi connectivity index (χ0v) is 13.6. The number of nitrogens with one attached hydrogen (secondary N) is 1. The number of allylic oxidation sites excluding steroid dienone is 1. The average molecular weight is 411 g/mol. The summed E-state index contributed by atoms with van der Waals surface area (Å²) in [5.74, 6) is -0.888. The highest BCUT2D eigenvalue weighted by molar-refractivity contribution is 14.1. The molecule has 0 saturated heterocycles. The van der Waals surface area contributed by atoms with E-state index in [1.165, 1.54) is 6.07 Å². The van der Waals surface area contributed by atoms with Crippen LogP contribution >= 0.6 is 22.6 Å². The van der Waals surface area contributed by atoms with Gasteiger partial charge in [0.25, 0.3) is 0 Å². The molecule has 6 heteroatoms. The summed E-state index contributed by atoms with van der Waals surface area (Å²) < 4.78 is 31.0.